The Balaban J connectivity index is 1.91. The second kappa shape index (κ2) is 6.47. The number of nitrogens with zero attached hydrogens (tertiary/aromatic N) is 1. The Bertz CT molecular complexity index is 454. The Morgan fingerprint density at radius 1 is 1.39 bits per heavy atom. The molecule has 18 heavy (non-hydrogen) atoms. The lowest BCUT2D eigenvalue weighted by molar-refractivity contribution is 0.696. The Labute approximate surface area is 110 Å². The monoisotopic (exact) mass is 242 g/mol. The fraction of sp³-hybridized carbons (Fsp3) is 0.500. The zero-order valence-corrected chi connectivity index (χ0v) is 11.4. The molecule has 0 saturated carbocycles. The van der Waals surface area contributed by atoms with Gasteiger partial charge in [-0.15, -0.1) is 11.8 Å². The molecule has 0 atom stereocenters. The molecule has 2 nitrogen and oxygen atoms in total. The first-order valence-electron chi connectivity index (χ1n) is 6.74. The standard InChI is InChI=1S/C16H22N2/c1-3-4-5-10-17-13-14-8-9-16-15(12-14)7-6-11-18(16)2/h8-9,12,17H,5-7,10-11,13H2,1-2H3. The summed E-state index contributed by atoms with van der Waals surface area (Å²) in [7, 11) is 2.18. The van der Waals surface area contributed by atoms with Crippen molar-refractivity contribution in [2.24, 2.45) is 0 Å². The minimum atomic E-state index is 0.935. The van der Waals surface area contributed by atoms with Gasteiger partial charge in [0.2, 0.25) is 0 Å². The molecule has 1 aliphatic heterocycles. The first-order valence-corrected chi connectivity index (χ1v) is 6.74. The third-order valence-corrected chi connectivity index (χ3v) is 3.43. The second-order valence-corrected chi connectivity index (χ2v) is 4.84. The van der Waals surface area contributed by atoms with Crippen LogP contribution >= 0.6 is 0 Å². The van der Waals surface area contributed by atoms with Crippen molar-refractivity contribution in [3.8, 4) is 11.8 Å². The van der Waals surface area contributed by atoms with Gasteiger partial charge in [0.25, 0.3) is 0 Å². The molecule has 0 amide bonds. The highest BCUT2D eigenvalue weighted by Crippen LogP contribution is 2.26. The number of nitrogens with one attached hydrogen (secondary N) is 1. The molecule has 0 unspecified atom stereocenters. The van der Waals surface area contributed by atoms with E-state index in [0.717, 1.165) is 19.5 Å². The van der Waals surface area contributed by atoms with E-state index in [4.69, 9.17) is 0 Å². The van der Waals surface area contributed by atoms with E-state index in [1.165, 1.54) is 36.2 Å². The van der Waals surface area contributed by atoms with Crippen LogP contribution in [0.4, 0.5) is 5.69 Å². The first kappa shape index (κ1) is 13.0. The molecule has 2 rings (SSSR count). The van der Waals surface area contributed by atoms with Gasteiger partial charge in [0.1, 0.15) is 0 Å². The predicted molar refractivity (Wildman–Crippen MR) is 77.8 cm³/mol. The summed E-state index contributed by atoms with van der Waals surface area (Å²) in [6.07, 6.45) is 3.42. The molecule has 0 aliphatic carbocycles. The summed E-state index contributed by atoms with van der Waals surface area (Å²) in [5.74, 6) is 5.99. The summed E-state index contributed by atoms with van der Waals surface area (Å²) in [4.78, 5) is 2.35. The van der Waals surface area contributed by atoms with Crippen LogP contribution in [0.15, 0.2) is 18.2 Å². The molecule has 2 heteroatoms. The molecular formula is C16H22N2. The molecule has 1 aliphatic rings. The van der Waals surface area contributed by atoms with Gasteiger partial charge in [-0.2, -0.15) is 0 Å². The molecule has 1 N–H and O–H groups in total. The number of aryl methyl sites for hydroxylation is 1. The van der Waals surface area contributed by atoms with E-state index < -0.39 is 0 Å². The molecule has 0 saturated heterocycles. The van der Waals surface area contributed by atoms with E-state index in [0.29, 0.717) is 0 Å². The Hall–Kier alpha value is -1.46. The van der Waals surface area contributed by atoms with Gasteiger partial charge >= 0.3 is 0 Å². The van der Waals surface area contributed by atoms with Gasteiger partial charge in [0.05, 0.1) is 0 Å². The van der Waals surface area contributed by atoms with E-state index in [2.05, 4.69) is 47.3 Å². The van der Waals surface area contributed by atoms with Crippen molar-refractivity contribution in [1.82, 2.24) is 5.32 Å². The zero-order chi connectivity index (χ0) is 12.8. The van der Waals surface area contributed by atoms with Crippen LogP contribution < -0.4 is 10.2 Å². The third-order valence-electron chi connectivity index (χ3n) is 3.43. The summed E-state index contributed by atoms with van der Waals surface area (Å²) in [5.41, 5.74) is 4.28. The highest BCUT2D eigenvalue weighted by molar-refractivity contribution is 5.56. The lowest BCUT2D eigenvalue weighted by atomic mass is 9.99. The van der Waals surface area contributed by atoms with E-state index in [-0.39, 0.29) is 0 Å². The largest absolute Gasteiger partial charge is 0.374 e. The van der Waals surface area contributed by atoms with Gasteiger partial charge in [-0.3, -0.25) is 0 Å². The van der Waals surface area contributed by atoms with Crippen LogP contribution in [0.2, 0.25) is 0 Å². The second-order valence-electron chi connectivity index (χ2n) is 4.84. The number of anilines is 1. The van der Waals surface area contributed by atoms with E-state index in [9.17, 15) is 0 Å². The van der Waals surface area contributed by atoms with Gasteiger partial charge in [0, 0.05) is 38.8 Å². The van der Waals surface area contributed by atoms with Crippen LogP contribution in [0.3, 0.4) is 0 Å². The van der Waals surface area contributed by atoms with Gasteiger partial charge in [0.15, 0.2) is 0 Å². The van der Waals surface area contributed by atoms with E-state index >= 15 is 0 Å². The maximum atomic E-state index is 3.44. The minimum Gasteiger partial charge on any atom is -0.374 e. The van der Waals surface area contributed by atoms with Gasteiger partial charge < -0.3 is 10.2 Å². The van der Waals surface area contributed by atoms with Crippen molar-refractivity contribution >= 4 is 5.69 Å². The summed E-state index contributed by atoms with van der Waals surface area (Å²) >= 11 is 0. The predicted octanol–water partition coefficient (Wildman–Crippen LogP) is 2.57. The normalized spacial score (nSPS) is 13.8. The van der Waals surface area contributed by atoms with Crippen LogP contribution in [0, 0.1) is 11.8 Å². The van der Waals surface area contributed by atoms with Gasteiger partial charge in [-0.25, -0.2) is 0 Å². The molecule has 0 radical (unpaired) electrons. The average molecular weight is 242 g/mol. The van der Waals surface area contributed by atoms with Crippen molar-refractivity contribution in [2.45, 2.75) is 32.7 Å². The highest BCUT2D eigenvalue weighted by atomic mass is 15.1. The summed E-state index contributed by atoms with van der Waals surface area (Å²) < 4.78 is 0. The molecule has 1 heterocycles. The Morgan fingerprint density at radius 3 is 3.11 bits per heavy atom. The van der Waals surface area contributed by atoms with Crippen molar-refractivity contribution < 1.29 is 0 Å². The summed E-state index contributed by atoms with van der Waals surface area (Å²) in [5, 5.41) is 3.44. The molecule has 0 spiro atoms. The van der Waals surface area contributed by atoms with E-state index in [1.807, 2.05) is 6.92 Å². The maximum absolute atomic E-state index is 3.44. The maximum Gasteiger partial charge on any atom is 0.0396 e. The molecule has 0 fully saturated rings. The molecule has 1 aromatic rings. The van der Waals surface area contributed by atoms with Gasteiger partial charge in [-0.05, 0) is 37.0 Å². The third kappa shape index (κ3) is 3.27. The van der Waals surface area contributed by atoms with Crippen molar-refractivity contribution in [3.63, 3.8) is 0 Å². The number of benzene rings is 1. The van der Waals surface area contributed by atoms with Crippen LogP contribution in [-0.2, 0) is 13.0 Å². The fourth-order valence-electron chi connectivity index (χ4n) is 2.46. The minimum absolute atomic E-state index is 0.935. The average Bonchev–Trinajstić information content (AvgIpc) is 2.39. The topological polar surface area (TPSA) is 15.3 Å². The Kier molecular flexibility index (Phi) is 4.66. The molecule has 0 aromatic heterocycles. The SMILES string of the molecule is CC#CCCNCc1ccc2c(c1)CCCN2C. The summed E-state index contributed by atoms with van der Waals surface area (Å²) in [6.45, 7) is 4.99. The highest BCUT2D eigenvalue weighted by Gasteiger charge is 2.13. The van der Waals surface area contributed by atoms with Crippen molar-refractivity contribution in [3.05, 3.63) is 29.3 Å². The zero-order valence-electron chi connectivity index (χ0n) is 11.4. The molecular weight excluding hydrogens is 220 g/mol. The lowest BCUT2D eigenvalue weighted by Gasteiger charge is -2.27. The number of hydrogen-bond acceptors (Lipinski definition) is 2. The van der Waals surface area contributed by atoms with Crippen LogP contribution in [-0.4, -0.2) is 20.1 Å². The van der Waals surface area contributed by atoms with Crippen molar-refractivity contribution in [1.29, 1.82) is 0 Å². The molecule has 96 valence electrons. The fourth-order valence-corrected chi connectivity index (χ4v) is 2.46. The summed E-state index contributed by atoms with van der Waals surface area (Å²) in [6, 6.07) is 6.85. The first-order chi connectivity index (χ1) is 8.81. The van der Waals surface area contributed by atoms with Gasteiger partial charge in [-0.1, -0.05) is 12.1 Å². The van der Waals surface area contributed by atoms with Crippen LogP contribution in [0.5, 0.6) is 0 Å². The number of hydrogen-bond donors (Lipinski definition) is 1. The smallest absolute Gasteiger partial charge is 0.0396 e. The van der Waals surface area contributed by atoms with Crippen LogP contribution in [0.1, 0.15) is 30.9 Å². The van der Waals surface area contributed by atoms with E-state index in [1.54, 1.807) is 0 Å². The Morgan fingerprint density at radius 2 is 2.28 bits per heavy atom. The number of fused-ring (bicyclic) bond motifs is 1. The molecule has 1 aromatic carbocycles. The molecule has 0 bridgehead atoms. The number of rotatable bonds is 4. The van der Waals surface area contributed by atoms with Crippen molar-refractivity contribution in [2.75, 3.05) is 25.0 Å². The lowest BCUT2D eigenvalue weighted by Crippen LogP contribution is -2.25. The van der Waals surface area contributed by atoms with Crippen LogP contribution in [0.25, 0.3) is 0 Å². The quantitative estimate of drug-likeness (QED) is 0.645.